The molecule has 0 aliphatic rings. The molecule has 0 aliphatic heterocycles. The molecule has 0 spiro atoms. The van der Waals surface area contributed by atoms with Crippen molar-refractivity contribution < 1.29 is 20.1 Å². The van der Waals surface area contributed by atoms with Gasteiger partial charge < -0.3 is 9.97 Å². The monoisotopic (exact) mass is 578 g/mol. The third-order valence-corrected chi connectivity index (χ3v) is 4.41. The van der Waals surface area contributed by atoms with E-state index in [2.05, 4.69) is 33.2 Å². The summed E-state index contributed by atoms with van der Waals surface area (Å²) in [5.41, 5.74) is 6.23. The molecule has 5 aromatic rings. The van der Waals surface area contributed by atoms with Crippen molar-refractivity contribution in [3.8, 4) is 33.6 Å². The predicted molar refractivity (Wildman–Crippen MR) is 120 cm³/mol. The number of nitrogens with zero attached hydrogens (tertiary/aromatic N) is 3. The topological polar surface area (TPSA) is 38.7 Å². The van der Waals surface area contributed by atoms with E-state index in [1.165, 1.54) is 0 Å². The van der Waals surface area contributed by atoms with Crippen LogP contribution in [0.25, 0.3) is 33.6 Å². The Morgan fingerprint density at radius 1 is 0.516 bits per heavy atom. The van der Waals surface area contributed by atoms with Crippen molar-refractivity contribution in [1.82, 2.24) is 15.0 Å². The molecule has 3 nitrogen and oxygen atoms in total. The Bertz CT molecular complexity index is 1070. The van der Waals surface area contributed by atoms with Crippen LogP contribution in [0.1, 0.15) is 0 Å². The first-order valence-corrected chi connectivity index (χ1v) is 9.62. The number of hydrogen-bond donors (Lipinski definition) is 0. The van der Waals surface area contributed by atoms with E-state index in [0.29, 0.717) is 0 Å². The van der Waals surface area contributed by atoms with Gasteiger partial charge in [-0.25, -0.2) is 0 Å². The molecular formula is C27H19IrN3-2. The van der Waals surface area contributed by atoms with Crippen LogP contribution in [-0.2, 0) is 20.1 Å². The molecule has 0 aliphatic carbocycles. The number of benzene rings is 2. The zero-order chi connectivity index (χ0) is 20.4. The Hall–Kier alpha value is -3.46. The van der Waals surface area contributed by atoms with Gasteiger partial charge in [-0.15, -0.1) is 71.8 Å². The van der Waals surface area contributed by atoms with Crippen LogP contribution < -0.4 is 0 Å². The number of hydrogen-bond acceptors (Lipinski definition) is 3. The molecule has 5 rings (SSSR count). The standard InChI is InChI=1S/C16H11N2.C11H8N.Ir/c1-2-4-14(5-3-1)16-12-15(8-11-18-16)13-6-9-17-10-7-13;1-2-6-10(7-3-1)11-8-4-5-9-12-11;/h1-4,6-12H;1-6,8-9H;/q2*-1;. The second-order valence-electron chi connectivity index (χ2n) is 6.43. The molecule has 0 unspecified atom stereocenters. The van der Waals surface area contributed by atoms with Gasteiger partial charge in [0.2, 0.25) is 0 Å². The fourth-order valence-electron chi connectivity index (χ4n) is 2.93. The summed E-state index contributed by atoms with van der Waals surface area (Å²) in [6, 6.07) is 35.9. The van der Waals surface area contributed by atoms with E-state index in [4.69, 9.17) is 0 Å². The predicted octanol–water partition coefficient (Wildman–Crippen LogP) is 6.16. The van der Waals surface area contributed by atoms with Crippen molar-refractivity contribution in [3.63, 3.8) is 0 Å². The Kier molecular flexibility index (Phi) is 8.36. The Labute approximate surface area is 196 Å². The summed E-state index contributed by atoms with van der Waals surface area (Å²) in [7, 11) is 0. The van der Waals surface area contributed by atoms with Gasteiger partial charge in [0.1, 0.15) is 0 Å². The smallest absolute Gasteiger partial charge is 0.0273 e. The van der Waals surface area contributed by atoms with Gasteiger partial charge in [-0.05, 0) is 46.8 Å². The molecule has 0 N–H and O–H groups in total. The van der Waals surface area contributed by atoms with Gasteiger partial charge in [-0.1, -0.05) is 18.2 Å². The fourth-order valence-corrected chi connectivity index (χ4v) is 2.93. The summed E-state index contributed by atoms with van der Waals surface area (Å²) < 4.78 is 0. The maximum atomic E-state index is 4.39. The van der Waals surface area contributed by atoms with Gasteiger partial charge >= 0.3 is 0 Å². The van der Waals surface area contributed by atoms with Crippen molar-refractivity contribution in [2.75, 3.05) is 0 Å². The van der Waals surface area contributed by atoms with E-state index in [1.54, 1.807) is 18.6 Å². The van der Waals surface area contributed by atoms with Gasteiger partial charge in [0.05, 0.1) is 0 Å². The quantitative estimate of drug-likeness (QED) is 0.241. The molecule has 0 atom stereocenters. The van der Waals surface area contributed by atoms with Gasteiger partial charge in [-0.2, -0.15) is 0 Å². The van der Waals surface area contributed by atoms with E-state index in [0.717, 1.165) is 33.6 Å². The van der Waals surface area contributed by atoms with E-state index in [1.807, 2.05) is 91.1 Å². The van der Waals surface area contributed by atoms with Crippen molar-refractivity contribution in [1.29, 1.82) is 0 Å². The minimum atomic E-state index is 0. The van der Waals surface area contributed by atoms with Crippen LogP contribution in [0.15, 0.2) is 116 Å². The molecule has 2 aromatic carbocycles. The van der Waals surface area contributed by atoms with Crippen LogP contribution in [0.4, 0.5) is 0 Å². The molecule has 3 aromatic heterocycles. The molecule has 0 saturated heterocycles. The summed E-state index contributed by atoms with van der Waals surface area (Å²) >= 11 is 0. The van der Waals surface area contributed by atoms with E-state index < -0.39 is 0 Å². The number of pyridine rings is 3. The first-order valence-electron chi connectivity index (χ1n) is 9.62. The molecule has 4 heteroatoms. The van der Waals surface area contributed by atoms with Crippen molar-refractivity contribution >= 4 is 0 Å². The first kappa shape index (κ1) is 22.2. The maximum absolute atomic E-state index is 4.39. The van der Waals surface area contributed by atoms with Crippen molar-refractivity contribution in [2.24, 2.45) is 0 Å². The Morgan fingerprint density at radius 2 is 1.13 bits per heavy atom. The van der Waals surface area contributed by atoms with Crippen LogP contribution in [0.2, 0.25) is 0 Å². The first-order chi connectivity index (χ1) is 14.9. The van der Waals surface area contributed by atoms with E-state index in [9.17, 15) is 0 Å². The fraction of sp³-hybridized carbons (Fsp3) is 0. The van der Waals surface area contributed by atoms with Crippen LogP contribution in [0.5, 0.6) is 0 Å². The van der Waals surface area contributed by atoms with Gasteiger partial charge in [0.25, 0.3) is 0 Å². The second kappa shape index (κ2) is 11.7. The van der Waals surface area contributed by atoms with E-state index in [-0.39, 0.29) is 20.1 Å². The third kappa shape index (κ3) is 6.26. The van der Waals surface area contributed by atoms with Crippen LogP contribution in [0, 0.1) is 12.1 Å². The molecule has 0 bridgehead atoms. The van der Waals surface area contributed by atoms with E-state index >= 15 is 0 Å². The molecule has 31 heavy (non-hydrogen) atoms. The van der Waals surface area contributed by atoms with Crippen LogP contribution in [0.3, 0.4) is 0 Å². The summed E-state index contributed by atoms with van der Waals surface area (Å²) in [4.78, 5) is 12.6. The average Bonchev–Trinajstić information content (AvgIpc) is 2.87. The zero-order valence-electron chi connectivity index (χ0n) is 16.6. The summed E-state index contributed by atoms with van der Waals surface area (Å²) in [6.07, 6.45) is 7.20. The Balaban J connectivity index is 0.000000183. The molecule has 0 fully saturated rings. The maximum Gasteiger partial charge on any atom is 0.0273 e. The SMILES string of the molecule is [Ir].[c-]1ccccc1-c1cc(-c2ccncc2)ccn1.[c-]1ccccc1-c1ccccn1. The largest absolute Gasteiger partial charge is 0.305 e. The van der Waals surface area contributed by atoms with Gasteiger partial charge in [-0.3, -0.25) is 4.98 Å². The number of rotatable bonds is 3. The third-order valence-electron chi connectivity index (χ3n) is 4.41. The molecule has 0 amide bonds. The van der Waals surface area contributed by atoms with Gasteiger partial charge in [0, 0.05) is 44.9 Å². The number of aromatic nitrogens is 3. The van der Waals surface area contributed by atoms with Crippen molar-refractivity contribution in [3.05, 3.63) is 128 Å². The summed E-state index contributed by atoms with van der Waals surface area (Å²) in [5.74, 6) is 0. The van der Waals surface area contributed by atoms with Crippen LogP contribution >= 0.6 is 0 Å². The molecule has 153 valence electrons. The second-order valence-corrected chi connectivity index (χ2v) is 6.43. The molecule has 0 saturated carbocycles. The minimum Gasteiger partial charge on any atom is -0.305 e. The molecule has 3 heterocycles. The minimum absolute atomic E-state index is 0. The normalized spacial score (nSPS) is 9.68. The van der Waals surface area contributed by atoms with Crippen molar-refractivity contribution in [2.45, 2.75) is 0 Å². The Morgan fingerprint density at radius 3 is 1.74 bits per heavy atom. The summed E-state index contributed by atoms with van der Waals surface area (Å²) in [5, 5.41) is 0. The summed E-state index contributed by atoms with van der Waals surface area (Å²) in [6.45, 7) is 0. The average molecular weight is 578 g/mol. The molecule has 1 radical (unpaired) electrons. The zero-order valence-corrected chi connectivity index (χ0v) is 19.0. The van der Waals surface area contributed by atoms with Gasteiger partial charge in [0.15, 0.2) is 0 Å². The van der Waals surface area contributed by atoms with Crippen LogP contribution in [-0.4, -0.2) is 15.0 Å². The molecular weight excluding hydrogens is 559 g/mol.